The molecule has 1 aliphatic rings. The number of halogens is 1. The van der Waals surface area contributed by atoms with Crippen LogP contribution in [0.25, 0.3) is 0 Å². The number of likely N-dealkylation sites (tertiary alicyclic amines) is 1. The lowest BCUT2D eigenvalue weighted by atomic mass is 10.0. The summed E-state index contributed by atoms with van der Waals surface area (Å²) >= 11 is 0. The van der Waals surface area contributed by atoms with Crippen LogP contribution in [0, 0.1) is 0 Å². The lowest BCUT2D eigenvalue weighted by Gasteiger charge is -2.32. The molecule has 134 valence electrons. The first-order chi connectivity index (χ1) is 11.7. The summed E-state index contributed by atoms with van der Waals surface area (Å²) in [6.45, 7) is 3.53. The molecule has 25 heavy (non-hydrogen) atoms. The van der Waals surface area contributed by atoms with Gasteiger partial charge in [0.2, 0.25) is 0 Å². The second kappa shape index (κ2) is 9.56. The number of nitrogens with two attached hydrogens (primary N) is 1. The molecule has 4 nitrogen and oxygen atoms in total. The van der Waals surface area contributed by atoms with Crippen molar-refractivity contribution in [3.05, 3.63) is 71.3 Å². The van der Waals surface area contributed by atoms with Crippen molar-refractivity contribution < 1.29 is 4.79 Å². The fraction of sp³-hybridized carbons (Fsp3) is 0.350. The quantitative estimate of drug-likeness (QED) is 0.862. The van der Waals surface area contributed by atoms with E-state index < -0.39 is 0 Å². The van der Waals surface area contributed by atoms with Crippen LogP contribution in [0.15, 0.2) is 54.6 Å². The SMILES string of the molecule is Cl.NCc1ccc(C(=O)NC2CCN(Cc3ccccc3)CC2)cc1. The Labute approximate surface area is 155 Å². The first-order valence-corrected chi connectivity index (χ1v) is 8.61. The van der Waals surface area contributed by atoms with Crippen molar-refractivity contribution in [3.63, 3.8) is 0 Å². The van der Waals surface area contributed by atoms with E-state index in [-0.39, 0.29) is 24.4 Å². The molecule has 2 aromatic carbocycles. The Morgan fingerprint density at radius 1 is 1.00 bits per heavy atom. The minimum atomic E-state index is 0. The summed E-state index contributed by atoms with van der Waals surface area (Å²) in [6, 6.07) is 18.3. The molecule has 0 aliphatic carbocycles. The number of carbonyl (C=O) groups is 1. The topological polar surface area (TPSA) is 58.4 Å². The highest BCUT2D eigenvalue weighted by atomic mass is 35.5. The van der Waals surface area contributed by atoms with Crippen molar-refractivity contribution >= 4 is 18.3 Å². The van der Waals surface area contributed by atoms with E-state index in [4.69, 9.17) is 5.73 Å². The van der Waals surface area contributed by atoms with E-state index in [1.807, 2.05) is 30.3 Å². The molecule has 3 N–H and O–H groups in total. The van der Waals surface area contributed by atoms with E-state index in [9.17, 15) is 4.79 Å². The van der Waals surface area contributed by atoms with Gasteiger partial charge in [-0.1, -0.05) is 42.5 Å². The van der Waals surface area contributed by atoms with Gasteiger partial charge in [-0.15, -0.1) is 12.4 Å². The van der Waals surface area contributed by atoms with Crippen molar-refractivity contribution in [1.82, 2.24) is 10.2 Å². The van der Waals surface area contributed by atoms with Gasteiger partial charge in [-0.2, -0.15) is 0 Å². The van der Waals surface area contributed by atoms with Crippen molar-refractivity contribution in [1.29, 1.82) is 0 Å². The van der Waals surface area contributed by atoms with E-state index in [2.05, 4.69) is 34.5 Å². The van der Waals surface area contributed by atoms with E-state index in [0.29, 0.717) is 12.1 Å². The standard InChI is InChI=1S/C20H25N3O.ClH/c21-14-16-6-8-18(9-7-16)20(24)22-19-10-12-23(13-11-19)15-17-4-2-1-3-5-17;/h1-9,19H,10-15,21H2,(H,22,24);1H. The lowest BCUT2D eigenvalue weighted by molar-refractivity contribution is 0.0909. The van der Waals surface area contributed by atoms with Gasteiger partial charge in [-0.3, -0.25) is 9.69 Å². The third kappa shape index (κ3) is 5.56. The molecule has 2 aromatic rings. The van der Waals surface area contributed by atoms with E-state index in [1.54, 1.807) is 0 Å². The molecular weight excluding hydrogens is 334 g/mol. The molecule has 0 atom stereocenters. The fourth-order valence-corrected chi connectivity index (χ4v) is 3.14. The second-order valence-corrected chi connectivity index (χ2v) is 6.41. The molecule has 1 saturated heterocycles. The normalized spacial score (nSPS) is 15.4. The van der Waals surface area contributed by atoms with Gasteiger partial charge in [0, 0.05) is 37.8 Å². The van der Waals surface area contributed by atoms with E-state index in [0.717, 1.165) is 38.0 Å². The third-order valence-corrected chi connectivity index (χ3v) is 4.62. The molecule has 1 heterocycles. The third-order valence-electron chi connectivity index (χ3n) is 4.62. The van der Waals surface area contributed by atoms with Crippen LogP contribution in [0.3, 0.4) is 0 Å². The maximum atomic E-state index is 12.3. The van der Waals surface area contributed by atoms with Crippen LogP contribution in [-0.4, -0.2) is 29.9 Å². The predicted octanol–water partition coefficient (Wildman–Crippen LogP) is 2.96. The summed E-state index contributed by atoms with van der Waals surface area (Å²) in [6.07, 6.45) is 2.00. The molecule has 0 spiro atoms. The van der Waals surface area contributed by atoms with Gasteiger partial charge in [0.1, 0.15) is 0 Å². The van der Waals surface area contributed by atoms with Crippen molar-refractivity contribution in [2.45, 2.75) is 32.0 Å². The van der Waals surface area contributed by atoms with Crippen molar-refractivity contribution in [2.75, 3.05) is 13.1 Å². The summed E-state index contributed by atoms with van der Waals surface area (Å²) in [5.41, 5.74) is 8.69. The number of rotatable bonds is 5. The van der Waals surface area contributed by atoms with E-state index in [1.165, 1.54) is 5.56 Å². The molecule has 3 rings (SSSR count). The van der Waals surface area contributed by atoms with Crippen molar-refractivity contribution in [3.8, 4) is 0 Å². The Morgan fingerprint density at radius 3 is 2.24 bits per heavy atom. The zero-order chi connectivity index (χ0) is 16.8. The second-order valence-electron chi connectivity index (χ2n) is 6.41. The number of hydrogen-bond acceptors (Lipinski definition) is 3. The van der Waals surface area contributed by atoms with Crippen LogP contribution >= 0.6 is 12.4 Å². The Hall–Kier alpha value is -1.88. The van der Waals surface area contributed by atoms with Gasteiger partial charge >= 0.3 is 0 Å². The van der Waals surface area contributed by atoms with Crippen LogP contribution in [-0.2, 0) is 13.1 Å². The highest BCUT2D eigenvalue weighted by Gasteiger charge is 2.21. The molecule has 1 fully saturated rings. The molecule has 5 heteroatoms. The molecule has 0 unspecified atom stereocenters. The summed E-state index contributed by atoms with van der Waals surface area (Å²) in [5.74, 6) is 0.0140. The zero-order valence-corrected chi connectivity index (χ0v) is 15.2. The molecule has 0 radical (unpaired) electrons. The van der Waals surface area contributed by atoms with Gasteiger partial charge < -0.3 is 11.1 Å². The van der Waals surface area contributed by atoms with Gasteiger partial charge in [-0.05, 0) is 36.1 Å². The van der Waals surface area contributed by atoms with Crippen LogP contribution in [0.5, 0.6) is 0 Å². The van der Waals surface area contributed by atoms with Crippen molar-refractivity contribution in [2.24, 2.45) is 5.73 Å². The average molecular weight is 360 g/mol. The minimum absolute atomic E-state index is 0. The number of piperidine rings is 1. The number of nitrogens with one attached hydrogen (secondary N) is 1. The smallest absolute Gasteiger partial charge is 0.251 e. The average Bonchev–Trinajstić information content (AvgIpc) is 2.64. The summed E-state index contributed by atoms with van der Waals surface area (Å²) in [4.78, 5) is 14.8. The Kier molecular flexibility index (Phi) is 7.44. The van der Waals surface area contributed by atoms with Gasteiger partial charge in [0.05, 0.1) is 0 Å². The predicted molar refractivity (Wildman–Crippen MR) is 104 cm³/mol. The van der Waals surface area contributed by atoms with Crippen LogP contribution < -0.4 is 11.1 Å². The Balaban J connectivity index is 0.00000225. The summed E-state index contributed by atoms with van der Waals surface area (Å²) < 4.78 is 0. The number of carbonyl (C=O) groups excluding carboxylic acids is 1. The molecule has 0 saturated carbocycles. The largest absolute Gasteiger partial charge is 0.349 e. The first-order valence-electron chi connectivity index (χ1n) is 8.61. The lowest BCUT2D eigenvalue weighted by Crippen LogP contribution is -2.44. The monoisotopic (exact) mass is 359 g/mol. The number of hydrogen-bond donors (Lipinski definition) is 2. The zero-order valence-electron chi connectivity index (χ0n) is 14.4. The molecule has 1 amide bonds. The number of nitrogens with zero attached hydrogens (tertiary/aromatic N) is 1. The summed E-state index contributed by atoms with van der Waals surface area (Å²) in [5, 5.41) is 3.16. The van der Waals surface area contributed by atoms with Crippen LogP contribution in [0.2, 0.25) is 0 Å². The highest BCUT2D eigenvalue weighted by Crippen LogP contribution is 2.14. The number of benzene rings is 2. The number of amides is 1. The molecule has 1 aliphatic heterocycles. The van der Waals surface area contributed by atoms with Gasteiger partial charge in [0.25, 0.3) is 5.91 Å². The van der Waals surface area contributed by atoms with Gasteiger partial charge in [0.15, 0.2) is 0 Å². The minimum Gasteiger partial charge on any atom is -0.349 e. The Morgan fingerprint density at radius 2 is 1.64 bits per heavy atom. The highest BCUT2D eigenvalue weighted by molar-refractivity contribution is 5.94. The van der Waals surface area contributed by atoms with Crippen LogP contribution in [0.4, 0.5) is 0 Å². The fourth-order valence-electron chi connectivity index (χ4n) is 3.14. The van der Waals surface area contributed by atoms with Gasteiger partial charge in [-0.25, -0.2) is 0 Å². The summed E-state index contributed by atoms with van der Waals surface area (Å²) in [7, 11) is 0. The Bertz CT molecular complexity index is 652. The molecule has 0 bridgehead atoms. The van der Waals surface area contributed by atoms with E-state index >= 15 is 0 Å². The maximum Gasteiger partial charge on any atom is 0.251 e. The molecule has 0 aromatic heterocycles. The maximum absolute atomic E-state index is 12.3. The van der Waals surface area contributed by atoms with Crippen LogP contribution in [0.1, 0.15) is 34.3 Å². The molecular formula is C20H26ClN3O. The first kappa shape index (κ1) is 19.4.